The van der Waals surface area contributed by atoms with E-state index in [0.29, 0.717) is 0 Å². The van der Waals surface area contributed by atoms with E-state index in [4.69, 9.17) is 0 Å². The summed E-state index contributed by atoms with van der Waals surface area (Å²) >= 11 is 0. The van der Waals surface area contributed by atoms with Crippen molar-refractivity contribution in [1.29, 1.82) is 0 Å². The number of carbonyl (C=O) groups excluding carboxylic acids is 1. The molecule has 1 aromatic rings. The summed E-state index contributed by atoms with van der Waals surface area (Å²) in [6.07, 6.45) is 3.24. The van der Waals surface area contributed by atoms with Crippen molar-refractivity contribution >= 4 is 6.03 Å². The van der Waals surface area contributed by atoms with Gasteiger partial charge < -0.3 is 15.5 Å². The van der Waals surface area contributed by atoms with Crippen LogP contribution < -0.4 is 10.6 Å². The molecule has 104 valence electrons. The van der Waals surface area contributed by atoms with Crippen molar-refractivity contribution in [3.63, 3.8) is 0 Å². The minimum absolute atomic E-state index is 0.0845. The first-order valence-corrected chi connectivity index (χ1v) is 7.14. The van der Waals surface area contributed by atoms with Crippen LogP contribution in [0.15, 0.2) is 30.3 Å². The topological polar surface area (TPSA) is 44.4 Å². The SMILES string of the molecule is O=C(NCCCCc1ccccc1)N1CCNCC1. The van der Waals surface area contributed by atoms with Gasteiger partial charge in [-0.2, -0.15) is 0 Å². The molecule has 1 aliphatic rings. The molecule has 1 heterocycles. The molecule has 2 amide bonds. The molecule has 2 rings (SSSR count). The van der Waals surface area contributed by atoms with Gasteiger partial charge in [0, 0.05) is 32.7 Å². The quantitative estimate of drug-likeness (QED) is 0.791. The molecule has 19 heavy (non-hydrogen) atoms. The monoisotopic (exact) mass is 261 g/mol. The molecule has 0 bridgehead atoms. The van der Waals surface area contributed by atoms with Crippen LogP contribution in [0.3, 0.4) is 0 Å². The van der Waals surface area contributed by atoms with Gasteiger partial charge in [0.2, 0.25) is 0 Å². The molecule has 1 aromatic carbocycles. The second kappa shape index (κ2) is 7.79. The minimum atomic E-state index is 0.0845. The number of carbonyl (C=O) groups is 1. The molecule has 1 saturated heterocycles. The van der Waals surface area contributed by atoms with Gasteiger partial charge >= 0.3 is 6.03 Å². The molecule has 0 unspecified atom stereocenters. The third-order valence-electron chi connectivity index (χ3n) is 3.42. The zero-order chi connectivity index (χ0) is 13.3. The van der Waals surface area contributed by atoms with E-state index in [9.17, 15) is 4.79 Å². The third-order valence-corrected chi connectivity index (χ3v) is 3.42. The van der Waals surface area contributed by atoms with E-state index in [0.717, 1.165) is 52.0 Å². The molecule has 2 N–H and O–H groups in total. The molecular weight excluding hydrogens is 238 g/mol. The fraction of sp³-hybridized carbons (Fsp3) is 0.533. The smallest absolute Gasteiger partial charge is 0.317 e. The molecule has 1 fully saturated rings. The van der Waals surface area contributed by atoms with Crippen LogP contribution in [-0.2, 0) is 6.42 Å². The van der Waals surface area contributed by atoms with E-state index in [-0.39, 0.29) is 6.03 Å². The molecule has 4 nitrogen and oxygen atoms in total. The number of nitrogens with one attached hydrogen (secondary N) is 2. The van der Waals surface area contributed by atoms with E-state index >= 15 is 0 Å². The first-order chi connectivity index (χ1) is 9.36. The molecule has 4 heteroatoms. The predicted molar refractivity (Wildman–Crippen MR) is 77.2 cm³/mol. The first kappa shape index (κ1) is 13.9. The van der Waals surface area contributed by atoms with Crippen molar-refractivity contribution in [1.82, 2.24) is 15.5 Å². The van der Waals surface area contributed by atoms with E-state index in [1.54, 1.807) is 0 Å². The fourth-order valence-corrected chi connectivity index (χ4v) is 2.27. The molecule has 1 aliphatic heterocycles. The lowest BCUT2D eigenvalue weighted by Gasteiger charge is -2.27. The van der Waals surface area contributed by atoms with Gasteiger partial charge in [-0.3, -0.25) is 0 Å². The lowest BCUT2D eigenvalue weighted by atomic mass is 10.1. The second-order valence-electron chi connectivity index (χ2n) is 4.91. The summed E-state index contributed by atoms with van der Waals surface area (Å²) in [6.45, 7) is 4.21. The maximum Gasteiger partial charge on any atom is 0.317 e. The van der Waals surface area contributed by atoms with Gasteiger partial charge in [-0.15, -0.1) is 0 Å². The van der Waals surface area contributed by atoms with Crippen LogP contribution in [0.5, 0.6) is 0 Å². The Morgan fingerprint density at radius 1 is 1.16 bits per heavy atom. The summed E-state index contributed by atoms with van der Waals surface area (Å²) in [4.78, 5) is 13.7. The fourth-order valence-electron chi connectivity index (χ4n) is 2.27. The number of unbranched alkanes of at least 4 members (excludes halogenated alkanes) is 1. The van der Waals surface area contributed by atoms with Gasteiger partial charge in [-0.25, -0.2) is 4.79 Å². The Morgan fingerprint density at radius 2 is 1.89 bits per heavy atom. The normalized spacial score (nSPS) is 15.3. The lowest BCUT2D eigenvalue weighted by molar-refractivity contribution is 0.190. The molecule has 0 saturated carbocycles. The van der Waals surface area contributed by atoms with Crippen molar-refractivity contribution in [3.05, 3.63) is 35.9 Å². The molecule has 0 radical (unpaired) electrons. The van der Waals surface area contributed by atoms with Crippen molar-refractivity contribution in [2.24, 2.45) is 0 Å². The minimum Gasteiger partial charge on any atom is -0.338 e. The molecule has 0 aromatic heterocycles. The highest BCUT2D eigenvalue weighted by molar-refractivity contribution is 5.74. The zero-order valence-corrected chi connectivity index (χ0v) is 11.4. The number of amides is 2. The van der Waals surface area contributed by atoms with Crippen LogP contribution in [0.25, 0.3) is 0 Å². The van der Waals surface area contributed by atoms with Crippen LogP contribution in [0, 0.1) is 0 Å². The number of piperazine rings is 1. The van der Waals surface area contributed by atoms with Crippen molar-refractivity contribution in [3.8, 4) is 0 Å². The summed E-state index contributed by atoms with van der Waals surface area (Å²) in [5.41, 5.74) is 1.37. The molecule has 0 aliphatic carbocycles. The number of hydrogen-bond donors (Lipinski definition) is 2. The number of benzene rings is 1. The Morgan fingerprint density at radius 3 is 2.63 bits per heavy atom. The Hall–Kier alpha value is -1.55. The average molecular weight is 261 g/mol. The Labute approximate surface area is 115 Å². The van der Waals surface area contributed by atoms with Crippen LogP contribution >= 0.6 is 0 Å². The average Bonchev–Trinajstić information content (AvgIpc) is 2.49. The van der Waals surface area contributed by atoms with E-state index in [1.165, 1.54) is 5.56 Å². The van der Waals surface area contributed by atoms with Crippen LogP contribution in [0.1, 0.15) is 18.4 Å². The van der Waals surface area contributed by atoms with Gasteiger partial charge in [0.25, 0.3) is 0 Å². The van der Waals surface area contributed by atoms with Gasteiger partial charge in [0.15, 0.2) is 0 Å². The maximum absolute atomic E-state index is 11.8. The number of hydrogen-bond acceptors (Lipinski definition) is 2. The Balaban J connectivity index is 1.55. The lowest BCUT2D eigenvalue weighted by Crippen LogP contribution is -2.50. The van der Waals surface area contributed by atoms with Gasteiger partial charge in [0.05, 0.1) is 0 Å². The van der Waals surface area contributed by atoms with E-state index in [1.807, 2.05) is 11.0 Å². The highest BCUT2D eigenvalue weighted by atomic mass is 16.2. The summed E-state index contributed by atoms with van der Waals surface area (Å²) in [6, 6.07) is 10.6. The maximum atomic E-state index is 11.8. The second-order valence-corrected chi connectivity index (χ2v) is 4.91. The molecule has 0 spiro atoms. The Kier molecular flexibility index (Phi) is 5.69. The van der Waals surface area contributed by atoms with Crippen LogP contribution in [0.4, 0.5) is 4.79 Å². The highest BCUT2D eigenvalue weighted by Crippen LogP contribution is 2.04. The van der Waals surface area contributed by atoms with Crippen molar-refractivity contribution in [2.45, 2.75) is 19.3 Å². The Bertz CT molecular complexity index is 374. The van der Waals surface area contributed by atoms with E-state index < -0.39 is 0 Å². The van der Waals surface area contributed by atoms with Gasteiger partial charge in [-0.05, 0) is 24.8 Å². The molecule has 0 atom stereocenters. The summed E-state index contributed by atoms with van der Waals surface area (Å²) in [7, 11) is 0. The summed E-state index contributed by atoms with van der Waals surface area (Å²) in [5.74, 6) is 0. The standard InChI is InChI=1S/C15H23N3O/c19-15(18-12-10-16-11-13-18)17-9-5-4-8-14-6-2-1-3-7-14/h1-3,6-7,16H,4-5,8-13H2,(H,17,19). The van der Waals surface area contributed by atoms with Crippen molar-refractivity contribution in [2.75, 3.05) is 32.7 Å². The van der Waals surface area contributed by atoms with Crippen molar-refractivity contribution < 1.29 is 4.79 Å². The number of aryl methyl sites for hydroxylation is 1. The third kappa shape index (κ3) is 4.91. The van der Waals surface area contributed by atoms with Gasteiger partial charge in [-0.1, -0.05) is 30.3 Å². The van der Waals surface area contributed by atoms with Crippen LogP contribution in [-0.4, -0.2) is 43.7 Å². The first-order valence-electron chi connectivity index (χ1n) is 7.14. The largest absolute Gasteiger partial charge is 0.338 e. The molecular formula is C15H23N3O. The summed E-state index contributed by atoms with van der Waals surface area (Å²) < 4.78 is 0. The number of nitrogens with zero attached hydrogens (tertiary/aromatic N) is 1. The number of urea groups is 1. The predicted octanol–water partition coefficient (Wildman–Crippen LogP) is 1.62. The zero-order valence-electron chi connectivity index (χ0n) is 11.4. The number of rotatable bonds is 5. The van der Waals surface area contributed by atoms with Gasteiger partial charge in [0.1, 0.15) is 0 Å². The summed E-state index contributed by atoms with van der Waals surface area (Å²) in [5, 5.41) is 6.24. The van der Waals surface area contributed by atoms with E-state index in [2.05, 4.69) is 34.9 Å². The highest BCUT2D eigenvalue weighted by Gasteiger charge is 2.14. The van der Waals surface area contributed by atoms with Crippen LogP contribution in [0.2, 0.25) is 0 Å².